The number of benzene rings is 1. The van der Waals surface area contributed by atoms with Gasteiger partial charge in [-0.05, 0) is 31.0 Å². The predicted octanol–water partition coefficient (Wildman–Crippen LogP) is 3.12. The third kappa shape index (κ3) is 4.33. The fourth-order valence-electron chi connectivity index (χ4n) is 3.56. The van der Waals surface area contributed by atoms with Crippen molar-refractivity contribution in [2.45, 2.75) is 38.3 Å². The Balaban J connectivity index is 1.50. The number of hydrogen-bond donors (Lipinski definition) is 1. The lowest BCUT2D eigenvalue weighted by atomic mass is 10.1. The number of methoxy groups -OCH3 is 1. The first-order valence-corrected chi connectivity index (χ1v) is 9.13. The van der Waals surface area contributed by atoms with Gasteiger partial charge in [0.15, 0.2) is 0 Å². The molecule has 1 saturated carbocycles. The van der Waals surface area contributed by atoms with Crippen molar-refractivity contribution in [3.05, 3.63) is 28.8 Å². The zero-order valence-corrected chi connectivity index (χ0v) is 15.0. The number of amides is 2. The molecule has 1 heterocycles. The molecule has 24 heavy (non-hydrogen) atoms. The lowest BCUT2D eigenvalue weighted by Gasteiger charge is -2.35. The number of piperazine rings is 1. The molecule has 1 N–H and O–H groups in total. The minimum absolute atomic E-state index is 0.0990. The summed E-state index contributed by atoms with van der Waals surface area (Å²) < 4.78 is 5.42. The molecule has 6 heteroatoms. The molecule has 2 amide bonds. The van der Waals surface area contributed by atoms with E-state index in [-0.39, 0.29) is 6.03 Å². The van der Waals surface area contributed by atoms with Gasteiger partial charge in [0.25, 0.3) is 0 Å². The van der Waals surface area contributed by atoms with E-state index in [0.29, 0.717) is 6.04 Å². The van der Waals surface area contributed by atoms with Crippen LogP contribution in [0.3, 0.4) is 0 Å². The Labute approximate surface area is 148 Å². The molecular weight excluding hydrogens is 326 g/mol. The van der Waals surface area contributed by atoms with Crippen molar-refractivity contribution in [3.63, 3.8) is 0 Å². The summed E-state index contributed by atoms with van der Waals surface area (Å²) in [4.78, 5) is 16.6. The summed E-state index contributed by atoms with van der Waals surface area (Å²) in [6.07, 6.45) is 4.72. The summed E-state index contributed by atoms with van der Waals surface area (Å²) in [6, 6.07) is 6.19. The summed E-state index contributed by atoms with van der Waals surface area (Å²) in [5.41, 5.74) is 1.09. The van der Waals surface area contributed by atoms with Crippen LogP contribution in [0.4, 0.5) is 4.79 Å². The third-order valence-corrected chi connectivity index (χ3v) is 5.21. The second kappa shape index (κ2) is 8.08. The second-order valence-corrected chi connectivity index (χ2v) is 7.09. The lowest BCUT2D eigenvalue weighted by Crippen LogP contribution is -2.52. The predicted molar refractivity (Wildman–Crippen MR) is 95.6 cm³/mol. The molecule has 5 nitrogen and oxygen atoms in total. The zero-order valence-electron chi connectivity index (χ0n) is 14.3. The molecule has 0 bridgehead atoms. The molecular formula is C18H26ClN3O2. The van der Waals surface area contributed by atoms with Crippen molar-refractivity contribution in [1.82, 2.24) is 15.1 Å². The van der Waals surface area contributed by atoms with Crippen molar-refractivity contribution in [2.75, 3.05) is 33.3 Å². The molecule has 1 saturated heterocycles. The minimum atomic E-state index is 0.0990. The molecule has 0 aromatic heterocycles. The normalized spacial score (nSPS) is 19.5. The number of rotatable bonds is 4. The largest absolute Gasteiger partial charge is 0.496 e. The number of ether oxygens (including phenoxy) is 1. The van der Waals surface area contributed by atoms with E-state index in [1.165, 1.54) is 12.8 Å². The Bertz CT molecular complexity index is 567. The zero-order chi connectivity index (χ0) is 16.9. The maximum absolute atomic E-state index is 12.3. The van der Waals surface area contributed by atoms with Crippen molar-refractivity contribution in [3.8, 4) is 5.75 Å². The van der Waals surface area contributed by atoms with Crippen LogP contribution in [0.2, 0.25) is 5.02 Å². The fraction of sp³-hybridized carbons (Fsp3) is 0.611. The molecule has 0 spiro atoms. The number of carbonyl (C=O) groups is 1. The standard InChI is InChI=1S/C18H26ClN3O2/c1-24-17-7-6-15(19)12-14(17)13-21-8-10-22(11-9-21)18(23)20-16-4-2-3-5-16/h6-7,12,16H,2-5,8-11,13H2,1H3,(H,20,23). The number of halogens is 1. The highest BCUT2D eigenvalue weighted by atomic mass is 35.5. The second-order valence-electron chi connectivity index (χ2n) is 6.65. The van der Waals surface area contributed by atoms with E-state index in [1.54, 1.807) is 7.11 Å². The Morgan fingerprint density at radius 1 is 1.25 bits per heavy atom. The topological polar surface area (TPSA) is 44.8 Å². The van der Waals surface area contributed by atoms with E-state index in [9.17, 15) is 4.79 Å². The number of nitrogens with one attached hydrogen (secondary N) is 1. The van der Waals surface area contributed by atoms with Crippen LogP contribution in [0.5, 0.6) is 5.75 Å². The molecule has 1 aromatic carbocycles. The molecule has 3 rings (SSSR count). The van der Waals surface area contributed by atoms with Crippen LogP contribution >= 0.6 is 11.6 Å². The van der Waals surface area contributed by atoms with Gasteiger partial charge < -0.3 is 15.0 Å². The van der Waals surface area contributed by atoms with E-state index in [0.717, 1.165) is 61.9 Å². The summed E-state index contributed by atoms with van der Waals surface area (Å²) in [6.45, 7) is 4.06. The van der Waals surface area contributed by atoms with Crippen LogP contribution in [-0.2, 0) is 6.54 Å². The summed E-state index contributed by atoms with van der Waals surface area (Å²) in [7, 11) is 1.68. The van der Waals surface area contributed by atoms with Crippen LogP contribution in [0.25, 0.3) is 0 Å². The first-order valence-electron chi connectivity index (χ1n) is 8.76. The van der Waals surface area contributed by atoms with Crippen molar-refractivity contribution >= 4 is 17.6 Å². The smallest absolute Gasteiger partial charge is 0.317 e. The molecule has 1 aliphatic heterocycles. The van der Waals surface area contributed by atoms with E-state index in [1.807, 2.05) is 23.1 Å². The van der Waals surface area contributed by atoms with E-state index in [2.05, 4.69) is 10.2 Å². The molecule has 132 valence electrons. The maximum Gasteiger partial charge on any atom is 0.317 e. The third-order valence-electron chi connectivity index (χ3n) is 4.98. The van der Waals surface area contributed by atoms with E-state index < -0.39 is 0 Å². The average molecular weight is 352 g/mol. The van der Waals surface area contributed by atoms with Gasteiger partial charge in [0.2, 0.25) is 0 Å². The first-order chi connectivity index (χ1) is 11.7. The molecule has 0 radical (unpaired) electrons. The average Bonchev–Trinajstić information content (AvgIpc) is 3.09. The van der Waals surface area contributed by atoms with Crippen LogP contribution < -0.4 is 10.1 Å². The van der Waals surface area contributed by atoms with Gasteiger partial charge in [0.05, 0.1) is 7.11 Å². The highest BCUT2D eigenvalue weighted by molar-refractivity contribution is 6.30. The van der Waals surface area contributed by atoms with Gasteiger partial charge in [-0.25, -0.2) is 4.79 Å². The summed E-state index contributed by atoms with van der Waals surface area (Å²) in [5.74, 6) is 0.862. The van der Waals surface area contributed by atoms with Crippen LogP contribution in [0, 0.1) is 0 Å². The molecule has 0 atom stereocenters. The maximum atomic E-state index is 12.3. The van der Waals surface area contributed by atoms with Crippen LogP contribution in [-0.4, -0.2) is 55.2 Å². The minimum Gasteiger partial charge on any atom is -0.496 e. The van der Waals surface area contributed by atoms with Gasteiger partial charge in [-0.1, -0.05) is 24.4 Å². The van der Waals surface area contributed by atoms with E-state index in [4.69, 9.17) is 16.3 Å². The number of carbonyl (C=O) groups excluding carboxylic acids is 1. The number of urea groups is 1. The van der Waals surface area contributed by atoms with Crippen molar-refractivity contribution in [2.24, 2.45) is 0 Å². The van der Waals surface area contributed by atoms with Gasteiger partial charge in [0, 0.05) is 49.4 Å². The quantitative estimate of drug-likeness (QED) is 0.906. The molecule has 1 aromatic rings. The fourth-order valence-corrected chi connectivity index (χ4v) is 3.75. The Morgan fingerprint density at radius 3 is 2.62 bits per heavy atom. The van der Waals surface area contributed by atoms with Gasteiger partial charge in [-0.3, -0.25) is 4.90 Å². The number of hydrogen-bond acceptors (Lipinski definition) is 3. The Kier molecular flexibility index (Phi) is 5.85. The first kappa shape index (κ1) is 17.4. The highest BCUT2D eigenvalue weighted by Gasteiger charge is 2.24. The molecule has 0 unspecified atom stereocenters. The molecule has 2 fully saturated rings. The number of nitrogens with zero attached hydrogens (tertiary/aromatic N) is 2. The molecule has 1 aliphatic carbocycles. The van der Waals surface area contributed by atoms with Crippen LogP contribution in [0.1, 0.15) is 31.2 Å². The monoisotopic (exact) mass is 351 g/mol. The van der Waals surface area contributed by atoms with Crippen LogP contribution in [0.15, 0.2) is 18.2 Å². The SMILES string of the molecule is COc1ccc(Cl)cc1CN1CCN(C(=O)NC2CCCC2)CC1. The Morgan fingerprint density at radius 2 is 1.96 bits per heavy atom. The Hall–Kier alpha value is -1.46. The summed E-state index contributed by atoms with van der Waals surface area (Å²) in [5, 5.41) is 3.89. The van der Waals surface area contributed by atoms with Gasteiger partial charge >= 0.3 is 6.03 Å². The summed E-state index contributed by atoms with van der Waals surface area (Å²) >= 11 is 6.10. The molecule has 2 aliphatic rings. The van der Waals surface area contributed by atoms with E-state index >= 15 is 0 Å². The van der Waals surface area contributed by atoms with Gasteiger partial charge in [-0.15, -0.1) is 0 Å². The van der Waals surface area contributed by atoms with Crippen molar-refractivity contribution < 1.29 is 9.53 Å². The van der Waals surface area contributed by atoms with Gasteiger partial charge in [0.1, 0.15) is 5.75 Å². The lowest BCUT2D eigenvalue weighted by molar-refractivity contribution is 0.132. The van der Waals surface area contributed by atoms with Crippen molar-refractivity contribution in [1.29, 1.82) is 0 Å². The highest BCUT2D eigenvalue weighted by Crippen LogP contribution is 2.24. The van der Waals surface area contributed by atoms with Gasteiger partial charge in [-0.2, -0.15) is 0 Å².